The summed E-state index contributed by atoms with van der Waals surface area (Å²) in [5.74, 6) is 0.573. The first-order chi connectivity index (χ1) is 13.6. The van der Waals surface area contributed by atoms with Crippen LogP contribution in [0.15, 0.2) is 53.3 Å². The van der Waals surface area contributed by atoms with Crippen LogP contribution in [0.2, 0.25) is 0 Å². The van der Waals surface area contributed by atoms with Crippen molar-refractivity contribution in [2.45, 2.75) is 6.54 Å². The molecular weight excluding hydrogens is 362 g/mol. The molecule has 0 bridgehead atoms. The SMILES string of the molecule is Nc1nc(-c2ccco2)c2nnn(Cc3cn(C(=O)O)c4ccccc34)c2n1. The third-order valence-corrected chi connectivity index (χ3v) is 4.46. The molecule has 3 N–H and O–H groups in total. The maximum absolute atomic E-state index is 11.5. The Hall–Kier alpha value is -4.21. The normalized spacial score (nSPS) is 11.4. The fraction of sp³-hybridized carbons (Fsp3) is 0.0556. The predicted molar refractivity (Wildman–Crippen MR) is 99.7 cm³/mol. The number of hydrogen-bond donors (Lipinski definition) is 2. The van der Waals surface area contributed by atoms with Crippen LogP contribution in [0.1, 0.15) is 5.56 Å². The van der Waals surface area contributed by atoms with Gasteiger partial charge in [-0.3, -0.25) is 4.57 Å². The van der Waals surface area contributed by atoms with Gasteiger partial charge in [-0.15, -0.1) is 5.10 Å². The number of furan rings is 1. The van der Waals surface area contributed by atoms with Crippen LogP contribution in [0.4, 0.5) is 10.7 Å². The number of carbonyl (C=O) groups is 1. The Balaban J connectivity index is 1.66. The number of fused-ring (bicyclic) bond motifs is 2. The van der Waals surface area contributed by atoms with E-state index in [-0.39, 0.29) is 12.5 Å². The Labute approximate surface area is 156 Å². The maximum atomic E-state index is 11.5. The van der Waals surface area contributed by atoms with E-state index in [1.807, 2.05) is 12.1 Å². The summed E-state index contributed by atoms with van der Waals surface area (Å²) in [5, 5.41) is 18.6. The zero-order chi connectivity index (χ0) is 19.3. The summed E-state index contributed by atoms with van der Waals surface area (Å²) in [7, 11) is 0. The molecule has 0 saturated heterocycles. The number of para-hydroxylation sites is 1. The van der Waals surface area contributed by atoms with Gasteiger partial charge < -0.3 is 15.3 Å². The lowest BCUT2D eigenvalue weighted by atomic mass is 10.2. The molecule has 138 valence electrons. The number of nitrogens with two attached hydrogens (primary N) is 1. The van der Waals surface area contributed by atoms with Gasteiger partial charge in [0.05, 0.1) is 18.3 Å². The molecular formula is C18H13N7O3. The minimum atomic E-state index is -1.06. The fourth-order valence-electron chi connectivity index (χ4n) is 3.26. The molecule has 0 aliphatic rings. The number of anilines is 1. The number of hydrogen-bond acceptors (Lipinski definition) is 7. The standard InChI is InChI=1S/C18H13N7O3/c19-17-20-14(13-6-3-7-28-13)15-16(21-17)25(23-22-15)9-10-8-24(18(26)27)12-5-2-1-4-11(10)12/h1-8H,9H2,(H,26,27)(H2,19,20,21). The lowest BCUT2D eigenvalue weighted by Gasteiger charge is -2.03. The van der Waals surface area contributed by atoms with Gasteiger partial charge in [-0.05, 0) is 23.8 Å². The molecule has 0 aliphatic carbocycles. The van der Waals surface area contributed by atoms with Crippen molar-refractivity contribution in [1.29, 1.82) is 0 Å². The second kappa shape index (κ2) is 5.91. The molecule has 10 heteroatoms. The third-order valence-electron chi connectivity index (χ3n) is 4.46. The number of nitrogens with zero attached hydrogens (tertiary/aromatic N) is 6. The molecule has 5 rings (SSSR count). The Bertz CT molecular complexity index is 1330. The Morgan fingerprint density at radius 3 is 2.82 bits per heavy atom. The molecule has 1 aromatic carbocycles. The van der Waals surface area contributed by atoms with Crippen molar-refractivity contribution in [3.05, 3.63) is 54.4 Å². The molecule has 0 fully saturated rings. The molecule has 0 saturated carbocycles. The fourth-order valence-corrected chi connectivity index (χ4v) is 3.26. The van der Waals surface area contributed by atoms with Crippen LogP contribution in [0.5, 0.6) is 0 Å². The van der Waals surface area contributed by atoms with Crippen molar-refractivity contribution < 1.29 is 14.3 Å². The smallest absolute Gasteiger partial charge is 0.416 e. The van der Waals surface area contributed by atoms with Gasteiger partial charge in [0.1, 0.15) is 5.69 Å². The van der Waals surface area contributed by atoms with E-state index in [2.05, 4.69) is 20.3 Å². The highest BCUT2D eigenvalue weighted by molar-refractivity contribution is 5.91. The van der Waals surface area contributed by atoms with Crippen LogP contribution in [0.3, 0.4) is 0 Å². The largest absolute Gasteiger partial charge is 0.464 e. The van der Waals surface area contributed by atoms with Crippen LogP contribution in [0, 0.1) is 0 Å². The van der Waals surface area contributed by atoms with Crippen molar-refractivity contribution in [1.82, 2.24) is 29.5 Å². The first kappa shape index (κ1) is 16.0. The summed E-state index contributed by atoms with van der Waals surface area (Å²) in [5.41, 5.74) is 8.57. The highest BCUT2D eigenvalue weighted by Gasteiger charge is 2.19. The molecule has 10 nitrogen and oxygen atoms in total. The summed E-state index contributed by atoms with van der Waals surface area (Å²) in [4.78, 5) is 20.0. The first-order valence-corrected chi connectivity index (χ1v) is 8.34. The third kappa shape index (κ3) is 2.39. The lowest BCUT2D eigenvalue weighted by molar-refractivity contribution is 0.197. The van der Waals surface area contributed by atoms with E-state index in [1.54, 1.807) is 35.1 Å². The van der Waals surface area contributed by atoms with Crippen LogP contribution < -0.4 is 5.73 Å². The molecule has 4 heterocycles. The Morgan fingerprint density at radius 2 is 2.04 bits per heavy atom. The van der Waals surface area contributed by atoms with Gasteiger partial charge in [0.2, 0.25) is 5.95 Å². The quantitative estimate of drug-likeness (QED) is 0.491. The molecule has 0 atom stereocenters. The number of nitrogen functional groups attached to an aromatic ring is 1. The molecule has 0 spiro atoms. The highest BCUT2D eigenvalue weighted by Crippen LogP contribution is 2.27. The maximum Gasteiger partial charge on any atom is 0.416 e. The van der Waals surface area contributed by atoms with Crippen molar-refractivity contribution in [3.8, 4) is 11.5 Å². The number of carboxylic acid groups (broad SMARTS) is 1. The molecule has 5 aromatic rings. The monoisotopic (exact) mass is 375 g/mol. The molecule has 4 aromatic heterocycles. The van der Waals surface area contributed by atoms with Crippen molar-refractivity contribution in [3.63, 3.8) is 0 Å². The van der Waals surface area contributed by atoms with Gasteiger partial charge >= 0.3 is 6.09 Å². The minimum Gasteiger partial charge on any atom is -0.464 e. The van der Waals surface area contributed by atoms with Crippen molar-refractivity contribution >= 4 is 34.1 Å². The zero-order valence-electron chi connectivity index (χ0n) is 14.4. The lowest BCUT2D eigenvalue weighted by Crippen LogP contribution is -2.07. The first-order valence-electron chi connectivity index (χ1n) is 8.34. The van der Waals surface area contributed by atoms with Gasteiger partial charge in [0.15, 0.2) is 16.9 Å². The van der Waals surface area contributed by atoms with E-state index in [1.165, 1.54) is 10.8 Å². The summed E-state index contributed by atoms with van der Waals surface area (Å²) in [6, 6.07) is 10.8. The summed E-state index contributed by atoms with van der Waals surface area (Å²) in [6.07, 6.45) is 2.04. The van der Waals surface area contributed by atoms with Gasteiger partial charge in [0, 0.05) is 11.6 Å². The van der Waals surface area contributed by atoms with Crippen molar-refractivity contribution in [2.75, 3.05) is 5.73 Å². The summed E-state index contributed by atoms with van der Waals surface area (Å²) in [6.45, 7) is 0.269. The zero-order valence-corrected chi connectivity index (χ0v) is 14.4. The van der Waals surface area contributed by atoms with Crippen LogP contribution in [-0.4, -0.2) is 40.7 Å². The number of aromatic nitrogens is 6. The van der Waals surface area contributed by atoms with Crippen LogP contribution in [-0.2, 0) is 6.54 Å². The average Bonchev–Trinajstić information content (AvgIpc) is 3.41. The molecule has 0 amide bonds. The molecule has 0 aliphatic heterocycles. The summed E-state index contributed by atoms with van der Waals surface area (Å²) < 4.78 is 8.15. The molecule has 28 heavy (non-hydrogen) atoms. The van der Waals surface area contributed by atoms with E-state index in [4.69, 9.17) is 10.2 Å². The Kier molecular flexibility index (Phi) is 3.38. The highest BCUT2D eigenvalue weighted by atomic mass is 16.4. The van der Waals surface area contributed by atoms with Crippen LogP contribution in [0.25, 0.3) is 33.5 Å². The number of benzene rings is 1. The molecule has 0 radical (unpaired) electrons. The van der Waals surface area contributed by atoms with Crippen molar-refractivity contribution in [2.24, 2.45) is 0 Å². The topological polar surface area (TPSA) is 138 Å². The van der Waals surface area contributed by atoms with E-state index in [9.17, 15) is 9.90 Å². The van der Waals surface area contributed by atoms with Gasteiger partial charge in [-0.25, -0.2) is 14.5 Å². The van der Waals surface area contributed by atoms with Gasteiger partial charge in [-0.1, -0.05) is 23.4 Å². The minimum absolute atomic E-state index is 0.0652. The second-order valence-electron chi connectivity index (χ2n) is 6.15. The predicted octanol–water partition coefficient (Wildman–Crippen LogP) is 2.59. The van der Waals surface area contributed by atoms with Gasteiger partial charge in [0.25, 0.3) is 0 Å². The average molecular weight is 375 g/mol. The number of rotatable bonds is 3. The second-order valence-corrected chi connectivity index (χ2v) is 6.15. The van der Waals surface area contributed by atoms with E-state index in [0.717, 1.165) is 10.9 Å². The van der Waals surface area contributed by atoms with E-state index < -0.39 is 6.09 Å². The van der Waals surface area contributed by atoms with E-state index in [0.29, 0.717) is 28.1 Å². The summed E-state index contributed by atoms with van der Waals surface area (Å²) >= 11 is 0. The van der Waals surface area contributed by atoms with Gasteiger partial charge in [-0.2, -0.15) is 4.98 Å². The molecule has 0 unspecified atom stereocenters. The van der Waals surface area contributed by atoms with E-state index >= 15 is 0 Å². The Morgan fingerprint density at radius 1 is 1.18 bits per heavy atom. The van der Waals surface area contributed by atoms with Crippen LogP contribution >= 0.6 is 0 Å².